The van der Waals surface area contributed by atoms with Gasteiger partial charge >= 0.3 is 0 Å². The van der Waals surface area contributed by atoms with Crippen molar-refractivity contribution in [3.05, 3.63) is 217 Å². The Labute approximate surface area is 376 Å². The second kappa shape index (κ2) is 15.7. The van der Waals surface area contributed by atoms with Crippen LogP contribution < -0.4 is 0 Å². The molecule has 3 aromatic heterocycles. The molecule has 306 valence electrons. The summed E-state index contributed by atoms with van der Waals surface area (Å²) in [5.41, 5.74) is 12.3. The zero-order valence-electron chi connectivity index (χ0n) is 35.5. The smallest absolute Gasteiger partial charge is 0.164 e. The standard InChI is InChI=1S/C59H43N3OS/c1-36-15-9-10-20-43(36)57-60-58(62-59(61-57)48-24-14-26-52-55(48)49-35-42(32-34-51(49)64-52)38-16-5-3-6-17-38)46-22-12-11-21-44(46)40-28-30-41(31-29-40)53-37(2)27-33-47-54-45(39-18-7-4-8-19-39)23-13-25-50(54)63-56(47)53/h3-37,43,53H,1-2H3. The van der Waals surface area contributed by atoms with Crippen molar-refractivity contribution >= 4 is 48.6 Å². The van der Waals surface area contributed by atoms with Crippen LogP contribution in [-0.4, -0.2) is 15.0 Å². The zero-order valence-corrected chi connectivity index (χ0v) is 36.3. The summed E-state index contributed by atoms with van der Waals surface area (Å²) in [5.74, 6) is 3.74. The van der Waals surface area contributed by atoms with Gasteiger partial charge in [-0.25, -0.2) is 15.0 Å². The topological polar surface area (TPSA) is 51.8 Å². The molecule has 0 amide bonds. The van der Waals surface area contributed by atoms with Crippen LogP contribution in [0.5, 0.6) is 0 Å². The van der Waals surface area contributed by atoms with E-state index in [0.717, 1.165) is 39.4 Å². The Morgan fingerprint density at radius 1 is 0.484 bits per heavy atom. The molecule has 0 spiro atoms. The van der Waals surface area contributed by atoms with E-state index in [1.807, 2.05) is 11.3 Å². The van der Waals surface area contributed by atoms with Crippen LogP contribution in [-0.2, 0) is 0 Å². The number of rotatable bonds is 7. The van der Waals surface area contributed by atoms with Crippen LogP contribution in [0.3, 0.4) is 0 Å². The number of allylic oxidation sites excluding steroid dienone is 5. The Morgan fingerprint density at radius 2 is 1.14 bits per heavy atom. The Morgan fingerprint density at radius 3 is 1.94 bits per heavy atom. The lowest BCUT2D eigenvalue weighted by molar-refractivity contribution is 0.469. The van der Waals surface area contributed by atoms with Crippen LogP contribution in [0, 0.1) is 11.8 Å². The van der Waals surface area contributed by atoms with Gasteiger partial charge in [0.15, 0.2) is 11.6 Å². The zero-order chi connectivity index (χ0) is 42.7. The lowest BCUT2D eigenvalue weighted by atomic mass is 9.79. The molecule has 0 N–H and O–H groups in total. The van der Waals surface area contributed by atoms with E-state index in [1.54, 1.807) is 0 Å². The Balaban J connectivity index is 0.964. The number of nitrogens with zero attached hydrogens (tertiary/aromatic N) is 3. The summed E-state index contributed by atoms with van der Waals surface area (Å²) in [6, 6.07) is 58.5. The molecule has 0 saturated carbocycles. The van der Waals surface area contributed by atoms with Gasteiger partial charge in [0.05, 0.1) is 0 Å². The summed E-state index contributed by atoms with van der Waals surface area (Å²) in [6.07, 6.45) is 13.3. The van der Waals surface area contributed by atoms with E-state index in [1.165, 1.54) is 58.9 Å². The average molecular weight is 842 g/mol. The summed E-state index contributed by atoms with van der Waals surface area (Å²) in [7, 11) is 0. The van der Waals surface area contributed by atoms with E-state index in [2.05, 4.69) is 214 Å². The van der Waals surface area contributed by atoms with Crippen LogP contribution in [0.15, 0.2) is 199 Å². The molecule has 0 aliphatic heterocycles. The minimum absolute atomic E-state index is 0.0125. The molecule has 0 fully saturated rings. The third-order valence-electron chi connectivity index (χ3n) is 13.2. The second-order valence-corrected chi connectivity index (χ2v) is 18.2. The van der Waals surface area contributed by atoms with E-state index in [4.69, 9.17) is 19.4 Å². The first-order valence-corrected chi connectivity index (χ1v) is 23.0. The molecule has 64 heavy (non-hydrogen) atoms. The molecular formula is C59H43N3OS. The molecule has 4 nitrogen and oxygen atoms in total. The van der Waals surface area contributed by atoms with Gasteiger partial charge in [0.1, 0.15) is 17.2 Å². The average Bonchev–Trinajstić information content (AvgIpc) is 3.93. The molecule has 3 heterocycles. The first-order valence-electron chi connectivity index (χ1n) is 22.2. The van der Waals surface area contributed by atoms with Crippen LogP contribution in [0.1, 0.15) is 48.4 Å². The van der Waals surface area contributed by atoms with Crippen molar-refractivity contribution < 1.29 is 4.42 Å². The highest BCUT2D eigenvalue weighted by Crippen LogP contribution is 2.47. The molecule has 0 saturated heterocycles. The highest BCUT2D eigenvalue weighted by atomic mass is 32.1. The molecule has 10 aromatic rings. The third kappa shape index (κ3) is 6.54. The molecule has 4 atom stereocenters. The number of hydrogen-bond acceptors (Lipinski definition) is 5. The number of benzene rings is 7. The van der Waals surface area contributed by atoms with Gasteiger partial charge in [-0.3, -0.25) is 0 Å². The Kier molecular flexibility index (Phi) is 9.38. The molecule has 2 aliphatic carbocycles. The highest BCUT2D eigenvalue weighted by molar-refractivity contribution is 7.26. The minimum Gasteiger partial charge on any atom is -0.460 e. The normalized spacial score (nSPS) is 18.0. The van der Waals surface area contributed by atoms with Gasteiger partial charge in [-0.1, -0.05) is 190 Å². The predicted octanol–water partition coefficient (Wildman–Crippen LogP) is 16.0. The molecular weight excluding hydrogens is 799 g/mol. The van der Waals surface area contributed by atoms with Gasteiger partial charge in [-0.05, 0) is 75.0 Å². The van der Waals surface area contributed by atoms with Crippen molar-refractivity contribution in [2.45, 2.75) is 25.7 Å². The van der Waals surface area contributed by atoms with E-state index in [-0.39, 0.29) is 23.7 Å². The lowest BCUT2D eigenvalue weighted by Gasteiger charge is -2.25. The number of hydrogen-bond donors (Lipinski definition) is 0. The first kappa shape index (κ1) is 38.2. The fraction of sp³-hybridized carbons (Fsp3) is 0.102. The summed E-state index contributed by atoms with van der Waals surface area (Å²) in [6.45, 7) is 4.52. The van der Waals surface area contributed by atoms with E-state index in [0.29, 0.717) is 11.6 Å². The van der Waals surface area contributed by atoms with Crippen molar-refractivity contribution in [1.29, 1.82) is 0 Å². The maximum absolute atomic E-state index is 6.79. The largest absolute Gasteiger partial charge is 0.460 e. The quantitative estimate of drug-likeness (QED) is 0.160. The molecule has 4 unspecified atom stereocenters. The molecule has 12 rings (SSSR count). The second-order valence-electron chi connectivity index (χ2n) is 17.1. The van der Waals surface area contributed by atoms with Crippen LogP contribution in [0.25, 0.3) is 93.4 Å². The van der Waals surface area contributed by atoms with Crippen molar-refractivity contribution in [3.63, 3.8) is 0 Å². The van der Waals surface area contributed by atoms with Gasteiger partial charge < -0.3 is 4.42 Å². The lowest BCUT2D eigenvalue weighted by Crippen LogP contribution is -2.14. The summed E-state index contributed by atoms with van der Waals surface area (Å²) < 4.78 is 9.24. The summed E-state index contributed by atoms with van der Waals surface area (Å²) >= 11 is 1.81. The van der Waals surface area contributed by atoms with Crippen LogP contribution >= 0.6 is 11.3 Å². The maximum atomic E-state index is 6.79. The van der Waals surface area contributed by atoms with Crippen molar-refractivity contribution in [2.24, 2.45) is 11.8 Å². The van der Waals surface area contributed by atoms with Gasteiger partial charge in [-0.2, -0.15) is 0 Å². The third-order valence-corrected chi connectivity index (χ3v) is 14.3. The van der Waals surface area contributed by atoms with Crippen molar-refractivity contribution in [1.82, 2.24) is 15.0 Å². The van der Waals surface area contributed by atoms with Crippen LogP contribution in [0.4, 0.5) is 0 Å². The van der Waals surface area contributed by atoms with E-state index in [9.17, 15) is 0 Å². The molecule has 5 heteroatoms. The fourth-order valence-electron chi connectivity index (χ4n) is 9.94. The molecule has 0 radical (unpaired) electrons. The Hall–Kier alpha value is -7.47. The van der Waals surface area contributed by atoms with E-state index >= 15 is 0 Å². The van der Waals surface area contributed by atoms with Crippen molar-refractivity contribution in [3.8, 4) is 56.2 Å². The molecule has 0 bridgehead atoms. The minimum atomic E-state index is 0.0125. The molecule has 7 aromatic carbocycles. The molecule has 2 aliphatic rings. The summed E-state index contributed by atoms with van der Waals surface area (Å²) in [4.78, 5) is 16.0. The van der Waals surface area contributed by atoms with Gasteiger partial charge in [0.25, 0.3) is 0 Å². The monoisotopic (exact) mass is 841 g/mol. The van der Waals surface area contributed by atoms with Gasteiger partial charge in [-0.15, -0.1) is 11.3 Å². The number of aromatic nitrogens is 3. The predicted molar refractivity (Wildman–Crippen MR) is 266 cm³/mol. The summed E-state index contributed by atoms with van der Waals surface area (Å²) in [5, 5.41) is 3.56. The number of furan rings is 1. The fourth-order valence-corrected chi connectivity index (χ4v) is 11.1. The highest BCUT2D eigenvalue weighted by Gasteiger charge is 2.31. The van der Waals surface area contributed by atoms with Crippen molar-refractivity contribution in [2.75, 3.05) is 0 Å². The van der Waals surface area contributed by atoms with Gasteiger partial charge in [0, 0.05) is 54.1 Å². The number of thiophene rings is 1. The van der Waals surface area contributed by atoms with E-state index < -0.39 is 0 Å². The Bertz CT molecular complexity index is 3490. The first-order chi connectivity index (χ1) is 31.6. The van der Waals surface area contributed by atoms with Crippen LogP contribution in [0.2, 0.25) is 0 Å². The van der Waals surface area contributed by atoms with Gasteiger partial charge in [0.2, 0.25) is 0 Å². The SMILES string of the molecule is CC1C=CC=CC1c1nc(-c2ccccc2-c2ccc(C3c4oc5cccc(-c6ccccc6)c5c4C=CC3C)cc2)nc(-c2cccc3sc4ccc(-c5ccccc5)cc4c23)n1. The number of fused-ring (bicyclic) bond motifs is 6. The maximum Gasteiger partial charge on any atom is 0.164 e.